The Morgan fingerprint density at radius 2 is 1.97 bits per heavy atom. The quantitative estimate of drug-likeness (QED) is 0.440. The fraction of sp³-hybridized carbons (Fsp3) is 0.100. The van der Waals surface area contributed by atoms with Crippen LogP contribution < -0.4 is 10.5 Å². The van der Waals surface area contributed by atoms with Gasteiger partial charge >= 0.3 is 0 Å². The van der Waals surface area contributed by atoms with Crippen molar-refractivity contribution in [3.05, 3.63) is 64.3 Å². The van der Waals surface area contributed by atoms with Crippen molar-refractivity contribution < 1.29 is 8.60 Å². The van der Waals surface area contributed by atoms with Crippen LogP contribution >= 0.6 is 23.2 Å². The Balaban J connectivity index is 1.78. The molecule has 0 aliphatic heterocycles. The van der Waals surface area contributed by atoms with Crippen molar-refractivity contribution >= 4 is 56.7 Å². The van der Waals surface area contributed by atoms with E-state index in [1.54, 1.807) is 42.9 Å². The van der Waals surface area contributed by atoms with Crippen molar-refractivity contribution in [1.29, 1.82) is 0 Å². The summed E-state index contributed by atoms with van der Waals surface area (Å²) in [5, 5.41) is 1.24. The number of rotatable bonds is 4. The predicted molar refractivity (Wildman–Crippen MR) is 120 cm³/mol. The molecule has 10 heteroatoms. The second-order valence-electron chi connectivity index (χ2n) is 6.68. The number of hydrogen-bond donors (Lipinski definition) is 2. The molecule has 0 bridgehead atoms. The molecular weight excluding hydrogens is 448 g/mol. The molecule has 0 saturated carbocycles. The number of fused-ring (bicyclic) bond motifs is 1. The second-order valence-corrected chi connectivity index (χ2v) is 8.68. The number of hydrogen-bond acceptors (Lipinski definition) is 4. The van der Waals surface area contributed by atoms with E-state index in [0.29, 0.717) is 32.2 Å². The summed E-state index contributed by atoms with van der Waals surface area (Å²) in [6.45, 7) is 1.75. The Bertz CT molecular complexity index is 1320. The number of nitrogens with two attached hydrogens (primary N) is 1. The molecule has 0 amide bonds. The molecule has 0 radical (unpaired) electrons. The van der Waals surface area contributed by atoms with Gasteiger partial charge in [0.1, 0.15) is 17.8 Å². The van der Waals surface area contributed by atoms with Gasteiger partial charge in [0, 0.05) is 29.4 Å². The molecule has 1 atom stereocenters. The first-order valence-electron chi connectivity index (χ1n) is 8.76. The van der Waals surface area contributed by atoms with Crippen molar-refractivity contribution in [2.45, 2.75) is 11.8 Å². The fourth-order valence-corrected chi connectivity index (χ4v) is 4.92. The average molecular weight is 464 g/mol. The zero-order valence-corrected chi connectivity index (χ0v) is 18.2. The van der Waals surface area contributed by atoms with Gasteiger partial charge in [-0.3, -0.25) is 4.72 Å². The number of nitrogens with zero attached hydrogens (tertiary/aromatic N) is 3. The maximum Gasteiger partial charge on any atom is 0.155 e. The highest BCUT2D eigenvalue weighted by Crippen LogP contribution is 2.36. The van der Waals surface area contributed by atoms with Crippen LogP contribution in [0.2, 0.25) is 10.0 Å². The van der Waals surface area contributed by atoms with Crippen molar-refractivity contribution in [2.24, 2.45) is 7.05 Å². The van der Waals surface area contributed by atoms with Crippen LogP contribution in [0, 0.1) is 12.7 Å². The summed E-state index contributed by atoms with van der Waals surface area (Å²) in [7, 11) is -0.0402. The Morgan fingerprint density at radius 3 is 2.73 bits per heavy atom. The van der Waals surface area contributed by atoms with Crippen LogP contribution in [0.15, 0.2) is 47.8 Å². The molecule has 0 aliphatic rings. The minimum absolute atomic E-state index is 0.0481. The Morgan fingerprint density at radius 1 is 1.20 bits per heavy atom. The molecule has 4 aromatic rings. The number of aromatic nitrogens is 3. The molecule has 4 rings (SSSR count). The highest BCUT2D eigenvalue weighted by Gasteiger charge is 2.20. The molecule has 3 N–H and O–H groups in total. The molecule has 6 nitrogen and oxygen atoms in total. The normalized spacial score (nSPS) is 12.3. The zero-order chi connectivity index (χ0) is 21.6. The summed E-state index contributed by atoms with van der Waals surface area (Å²) < 4.78 is 32.7. The van der Waals surface area contributed by atoms with Gasteiger partial charge in [0.25, 0.3) is 0 Å². The Hall–Kier alpha value is -2.68. The van der Waals surface area contributed by atoms with Gasteiger partial charge in [0.15, 0.2) is 16.8 Å². The maximum atomic E-state index is 15.4. The number of nitrogens with one attached hydrogen (secondary N) is 1. The third-order valence-electron chi connectivity index (χ3n) is 4.66. The number of aryl methyl sites for hydroxylation is 2. The van der Waals surface area contributed by atoms with E-state index in [9.17, 15) is 4.21 Å². The SMILES string of the molecule is Cc1cc(Cl)cc(S(=O)Nc2cccc(-c3cn(C)c4ncnc(N)c34)c2F)c1Cl. The van der Waals surface area contributed by atoms with Gasteiger partial charge in [0.2, 0.25) is 0 Å². The molecule has 30 heavy (non-hydrogen) atoms. The van der Waals surface area contributed by atoms with E-state index in [4.69, 9.17) is 28.9 Å². The first-order valence-corrected chi connectivity index (χ1v) is 10.7. The van der Waals surface area contributed by atoms with Gasteiger partial charge in [-0.05, 0) is 30.7 Å². The highest BCUT2D eigenvalue weighted by atomic mass is 35.5. The Labute approximate surface area is 184 Å². The van der Waals surface area contributed by atoms with Crippen molar-refractivity contribution in [3.8, 4) is 11.1 Å². The van der Waals surface area contributed by atoms with Gasteiger partial charge in [-0.25, -0.2) is 18.6 Å². The summed E-state index contributed by atoms with van der Waals surface area (Å²) >= 11 is 12.3. The van der Waals surface area contributed by atoms with E-state index in [-0.39, 0.29) is 22.0 Å². The third kappa shape index (κ3) is 3.51. The lowest BCUT2D eigenvalue weighted by Crippen LogP contribution is -2.08. The first kappa shape index (κ1) is 20.6. The first-order chi connectivity index (χ1) is 14.3. The summed E-state index contributed by atoms with van der Waals surface area (Å²) in [6.07, 6.45) is 3.09. The summed E-state index contributed by atoms with van der Waals surface area (Å²) in [4.78, 5) is 8.50. The summed E-state index contributed by atoms with van der Waals surface area (Å²) in [5.74, 6) is -0.338. The topological polar surface area (TPSA) is 85.8 Å². The van der Waals surface area contributed by atoms with Crippen molar-refractivity contribution in [2.75, 3.05) is 10.5 Å². The van der Waals surface area contributed by atoms with Crippen LogP contribution in [0.4, 0.5) is 15.9 Å². The summed E-state index contributed by atoms with van der Waals surface area (Å²) in [6, 6.07) is 7.92. The van der Waals surface area contributed by atoms with E-state index >= 15 is 4.39 Å². The maximum absolute atomic E-state index is 15.4. The second kappa shape index (κ2) is 7.86. The smallest absolute Gasteiger partial charge is 0.155 e. The van der Waals surface area contributed by atoms with Crippen LogP contribution in [0.5, 0.6) is 0 Å². The van der Waals surface area contributed by atoms with Gasteiger partial charge in [-0.15, -0.1) is 0 Å². The molecule has 2 heterocycles. The lowest BCUT2D eigenvalue weighted by Gasteiger charge is -2.12. The standard InChI is InChI=1S/C20H16Cl2FN5OS/c1-10-6-11(21)7-15(17(10)22)30(29)27-14-5-3-4-12(18(14)23)13-8-28(2)20-16(13)19(24)25-9-26-20/h3-9,27H,1-2H3,(H2,24,25,26). The lowest BCUT2D eigenvalue weighted by molar-refractivity contribution is 0.635. The van der Waals surface area contributed by atoms with Gasteiger partial charge in [-0.2, -0.15) is 0 Å². The van der Waals surface area contributed by atoms with Gasteiger partial charge < -0.3 is 10.3 Å². The molecule has 0 saturated heterocycles. The molecule has 2 aromatic heterocycles. The minimum atomic E-state index is -1.83. The van der Waals surface area contributed by atoms with E-state index < -0.39 is 16.8 Å². The van der Waals surface area contributed by atoms with E-state index in [1.165, 1.54) is 18.5 Å². The lowest BCUT2D eigenvalue weighted by atomic mass is 10.0. The van der Waals surface area contributed by atoms with Crippen LogP contribution in [-0.2, 0) is 18.0 Å². The van der Waals surface area contributed by atoms with E-state index in [0.717, 1.165) is 0 Å². The fourth-order valence-electron chi connectivity index (χ4n) is 3.24. The van der Waals surface area contributed by atoms with E-state index in [2.05, 4.69) is 14.7 Å². The molecule has 154 valence electrons. The predicted octanol–water partition coefficient (Wildman–Crippen LogP) is 5.11. The molecule has 0 spiro atoms. The number of halogens is 3. The molecular formula is C20H16Cl2FN5OS. The van der Waals surface area contributed by atoms with Gasteiger partial charge in [-0.1, -0.05) is 35.3 Å². The molecule has 1 unspecified atom stereocenters. The number of benzene rings is 2. The number of nitrogen functional groups attached to an aromatic ring is 1. The van der Waals surface area contributed by atoms with Crippen LogP contribution in [0.25, 0.3) is 22.2 Å². The molecule has 0 aliphatic carbocycles. The van der Waals surface area contributed by atoms with Gasteiger partial charge in [0.05, 0.1) is 21.0 Å². The average Bonchev–Trinajstić information content (AvgIpc) is 3.04. The molecule has 2 aromatic carbocycles. The number of anilines is 2. The zero-order valence-electron chi connectivity index (χ0n) is 15.9. The van der Waals surface area contributed by atoms with Crippen LogP contribution in [0.1, 0.15) is 5.56 Å². The van der Waals surface area contributed by atoms with Crippen LogP contribution in [-0.4, -0.2) is 18.7 Å². The largest absolute Gasteiger partial charge is 0.383 e. The monoisotopic (exact) mass is 463 g/mol. The van der Waals surface area contributed by atoms with E-state index in [1.807, 2.05) is 0 Å². The minimum Gasteiger partial charge on any atom is -0.383 e. The van der Waals surface area contributed by atoms with Crippen LogP contribution in [0.3, 0.4) is 0 Å². The molecule has 0 fully saturated rings. The van der Waals surface area contributed by atoms with Crippen molar-refractivity contribution in [3.63, 3.8) is 0 Å². The summed E-state index contributed by atoms with van der Waals surface area (Å²) in [5.41, 5.74) is 8.14. The third-order valence-corrected chi connectivity index (χ3v) is 6.62. The highest BCUT2D eigenvalue weighted by molar-refractivity contribution is 7.86. The van der Waals surface area contributed by atoms with Crippen molar-refractivity contribution in [1.82, 2.24) is 14.5 Å². The Kier molecular flexibility index (Phi) is 5.40.